The van der Waals surface area contributed by atoms with Gasteiger partial charge in [0, 0.05) is 31.2 Å². The van der Waals surface area contributed by atoms with Crippen LogP contribution in [0.25, 0.3) is 10.9 Å². The topological polar surface area (TPSA) is 53.4 Å². The van der Waals surface area contributed by atoms with Gasteiger partial charge in [0.05, 0.1) is 11.4 Å². The summed E-state index contributed by atoms with van der Waals surface area (Å²) in [6, 6.07) is 10.2. The molecule has 0 saturated carbocycles. The summed E-state index contributed by atoms with van der Waals surface area (Å²) in [6.07, 6.45) is 1.82. The van der Waals surface area contributed by atoms with E-state index in [9.17, 15) is 4.79 Å². The lowest BCUT2D eigenvalue weighted by atomic mass is 9.87. The maximum Gasteiger partial charge on any atom is 0.306 e. The fraction of sp³-hybridized carbons (Fsp3) is 0.375. The van der Waals surface area contributed by atoms with Crippen molar-refractivity contribution in [2.75, 3.05) is 13.1 Å². The van der Waals surface area contributed by atoms with Gasteiger partial charge in [-0.2, -0.15) is 0 Å². The van der Waals surface area contributed by atoms with Gasteiger partial charge in [0.2, 0.25) is 0 Å². The monoisotopic (exact) mass is 270 g/mol. The van der Waals surface area contributed by atoms with E-state index < -0.39 is 5.97 Å². The first-order valence-electron chi connectivity index (χ1n) is 6.93. The summed E-state index contributed by atoms with van der Waals surface area (Å²) in [5.41, 5.74) is 2.26. The Hall–Kier alpha value is -1.94. The van der Waals surface area contributed by atoms with Gasteiger partial charge in [-0.05, 0) is 17.5 Å². The fourth-order valence-corrected chi connectivity index (χ4v) is 2.79. The molecule has 0 spiro atoms. The Morgan fingerprint density at radius 2 is 2.15 bits per heavy atom. The number of carboxylic acid groups (broad SMARTS) is 1. The molecule has 1 aliphatic heterocycles. The van der Waals surface area contributed by atoms with Gasteiger partial charge in [-0.15, -0.1) is 0 Å². The molecule has 4 nitrogen and oxygen atoms in total. The Labute approximate surface area is 118 Å². The van der Waals surface area contributed by atoms with Crippen molar-refractivity contribution in [3.05, 3.63) is 42.1 Å². The number of fused-ring (bicyclic) bond motifs is 1. The lowest BCUT2D eigenvalue weighted by Crippen LogP contribution is -2.50. The predicted octanol–water partition coefficient (Wildman–Crippen LogP) is 2.39. The zero-order chi connectivity index (χ0) is 14.1. The molecule has 104 valence electrons. The molecule has 1 unspecified atom stereocenters. The van der Waals surface area contributed by atoms with Crippen LogP contribution in [0.1, 0.15) is 12.5 Å². The summed E-state index contributed by atoms with van der Waals surface area (Å²) in [5.74, 6) is -0.672. The molecule has 1 atom stereocenters. The van der Waals surface area contributed by atoms with Gasteiger partial charge >= 0.3 is 5.97 Å². The summed E-state index contributed by atoms with van der Waals surface area (Å²) in [6.45, 7) is 4.36. The van der Waals surface area contributed by atoms with E-state index in [-0.39, 0.29) is 11.8 Å². The van der Waals surface area contributed by atoms with Gasteiger partial charge in [0.1, 0.15) is 0 Å². The smallest absolute Gasteiger partial charge is 0.306 e. The molecule has 0 amide bonds. The van der Waals surface area contributed by atoms with Crippen molar-refractivity contribution in [3.8, 4) is 0 Å². The molecule has 0 radical (unpaired) electrons. The maximum atomic E-state index is 10.9. The van der Waals surface area contributed by atoms with E-state index in [1.807, 2.05) is 12.3 Å². The van der Waals surface area contributed by atoms with E-state index in [0.29, 0.717) is 0 Å². The number of pyridine rings is 1. The SMILES string of the molecule is CC(C(=O)O)C1CN(Cc2cccc3cccnc23)C1. The molecule has 2 aromatic rings. The number of benzene rings is 1. The Kier molecular flexibility index (Phi) is 3.40. The first-order valence-corrected chi connectivity index (χ1v) is 6.93. The molecule has 1 aromatic heterocycles. The van der Waals surface area contributed by atoms with E-state index in [1.165, 1.54) is 5.56 Å². The van der Waals surface area contributed by atoms with Crippen LogP contribution < -0.4 is 0 Å². The third kappa shape index (κ3) is 2.39. The largest absolute Gasteiger partial charge is 0.481 e. The number of para-hydroxylation sites is 1. The number of rotatable bonds is 4. The molecule has 1 aromatic carbocycles. The number of likely N-dealkylation sites (tertiary alicyclic amines) is 1. The first kappa shape index (κ1) is 13.1. The fourth-order valence-electron chi connectivity index (χ4n) is 2.79. The molecule has 1 N–H and O–H groups in total. The van der Waals surface area contributed by atoms with Crippen LogP contribution in [0.5, 0.6) is 0 Å². The third-order valence-corrected chi connectivity index (χ3v) is 4.19. The molecule has 1 saturated heterocycles. The van der Waals surface area contributed by atoms with E-state index >= 15 is 0 Å². The van der Waals surface area contributed by atoms with E-state index in [2.05, 4.69) is 34.1 Å². The minimum absolute atomic E-state index is 0.253. The van der Waals surface area contributed by atoms with Gasteiger partial charge in [-0.1, -0.05) is 31.2 Å². The lowest BCUT2D eigenvalue weighted by molar-refractivity contribution is -0.145. The number of carbonyl (C=O) groups is 1. The van der Waals surface area contributed by atoms with Gasteiger partial charge in [0.15, 0.2) is 0 Å². The van der Waals surface area contributed by atoms with Crippen molar-refractivity contribution in [1.29, 1.82) is 0 Å². The summed E-state index contributed by atoms with van der Waals surface area (Å²) in [4.78, 5) is 17.7. The number of carboxylic acids is 1. The Bertz CT molecular complexity index is 630. The Morgan fingerprint density at radius 3 is 2.90 bits per heavy atom. The molecular formula is C16H18N2O2. The quantitative estimate of drug-likeness (QED) is 0.926. The molecule has 3 rings (SSSR count). The highest BCUT2D eigenvalue weighted by Gasteiger charge is 2.34. The van der Waals surface area contributed by atoms with E-state index in [4.69, 9.17) is 5.11 Å². The summed E-state index contributed by atoms with van der Waals surface area (Å²) >= 11 is 0. The van der Waals surface area contributed by atoms with Crippen LogP contribution in [0.3, 0.4) is 0 Å². The van der Waals surface area contributed by atoms with Gasteiger partial charge in [-0.3, -0.25) is 14.7 Å². The van der Waals surface area contributed by atoms with Gasteiger partial charge in [-0.25, -0.2) is 0 Å². The molecule has 4 heteroatoms. The van der Waals surface area contributed by atoms with Crippen molar-refractivity contribution in [2.45, 2.75) is 13.5 Å². The highest BCUT2D eigenvalue weighted by molar-refractivity contribution is 5.81. The minimum atomic E-state index is -0.693. The van der Waals surface area contributed by atoms with Crippen LogP contribution in [0.15, 0.2) is 36.5 Å². The number of nitrogens with zero attached hydrogens (tertiary/aromatic N) is 2. The lowest BCUT2D eigenvalue weighted by Gasteiger charge is -2.41. The third-order valence-electron chi connectivity index (χ3n) is 4.19. The van der Waals surface area contributed by atoms with Crippen LogP contribution in [-0.2, 0) is 11.3 Å². The Morgan fingerprint density at radius 1 is 1.40 bits per heavy atom. The maximum absolute atomic E-state index is 10.9. The standard InChI is InChI=1S/C16H18N2O2/c1-11(16(19)20)14-9-18(10-14)8-13-5-2-4-12-6-3-7-17-15(12)13/h2-7,11,14H,8-10H2,1H3,(H,19,20). The summed E-state index contributed by atoms with van der Waals surface area (Å²) < 4.78 is 0. The number of aliphatic carboxylic acids is 1. The second-order valence-electron chi connectivity index (χ2n) is 5.57. The van der Waals surface area contributed by atoms with Crippen molar-refractivity contribution in [1.82, 2.24) is 9.88 Å². The number of aromatic nitrogens is 1. The molecule has 2 heterocycles. The average molecular weight is 270 g/mol. The molecule has 1 fully saturated rings. The van der Waals surface area contributed by atoms with Crippen molar-refractivity contribution in [2.24, 2.45) is 11.8 Å². The van der Waals surface area contributed by atoms with Crippen LogP contribution in [0, 0.1) is 11.8 Å². The molecule has 1 aliphatic rings. The Balaban J connectivity index is 1.69. The second kappa shape index (κ2) is 5.21. The summed E-state index contributed by atoms with van der Waals surface area (Å²) in [7, 11) is 0. The first-order chi connectivity index (χ1) is 9.65. The molecular weight excluding hydrogens is 252 g/mol. The number of hydrogen-bond acceptors (Lipinski definition) is 3. The van der Waals surface area contributed by atoms with Gasteiger partial charge in [0.25, 0.3) is 0 Å². The minimum Gasteiger partial charge on any atom is -0.481 e. The molecule has 20 heavy (non-hydrogen) atoms. The van der Waals surface area contributed by atoms with Crippen molar-refractivity contribution < 1.29 is 9.90 Å². The second-order valence-corrected chi connectivity index (χ2v) is 5.57. The molecule has 0 bridgehead atoms. The van der Waals surface area contributed by atoms with E-state index in [1.54, 1.807) is 6.92 Å². The summed E-state index contributed by atoms with van der Waals surface area (Å²) in [5, 5.41) is 10.2. The predicted molar refractivity (Wildman–Crippen MR) is 77.3 cm³/mol. The molecule has 0 aliphatic carbocycles. The highest BCUT2D eigenvalue weighted by atomic mass is 16.4. The van der Waals surface area contributed by atoms with Crippen LogP contribution in [-0.4, -0.2) is 34.0 Å². The van der Waals surface area contributed by atoms with Crippen molar-refractivity contribution in [3.63, 3.8) is 0 Å². The van der Waals surface area contributed by atoms with E-state index in [0.717, 1.165) is 30.5 Å². The number of hydrogen-bond donors (Lipinski definition) is 1. The normalized spacial score (nSPS) is 17.9. The van der Waals surface area contributed by atoms with Crippen molar-refractivity contribution >= 4 is 16.9 Å². The highest BCUT2D eigenvalue weighted by Crippen LogP contribution is 2.27. The zero-order valence-electron chi connectivity index (χ0n) is 11.5. The zero-order valence-corrected chi connectivity index (χ0v) is 11.5. The van der Waals surface area contributed by atoms with Crippen LogP contribution >= 0.6 is 0 Å². The van der Waals surface area contributed by atoms with Crippen LogP contribution in [0.2, 0.25) is 0 Å². The van der Waals surface area contributed by atoms with Gasteiger partial charge < -0.3 is 5.11 Å². The average Bonchev–Trinajstić information content (AvgIpc) is 2.41. The van der Waals surface area contributed by atoms with Crippen LogP contribution in [0.4, 0.5) is 0 Å².